The van der Waals surface area contributed by atoms with Crippen LogP contribution in [0.15, 0.2) is 24.3 Å². The van der Waals surface area contributed by atoms with Crippen LogP contribution < -0.4 is 0 Å². The van der Waals surface area contributed by atoms with E-state index >= 15 is 0 Å². The molecule has 2 heteroatoms. The number of allylic oxidation sites excluding steroid dienone is 2. The van der Waals surface area contributed by atoms with Crippen LogP contribution in [0, 0.1) is 17.8 Å². The van der Waals surface area contributed by atoms with Gasteiger partial charge in [-0.15, -0.1) is 5.92 Å². The maximum atomic E-state index is 10.5. The summed E-state index contributed by atoms with van der Waals surface area (Å²) in [5.41, 5.74) is -1.30. The highest BCUT2D eigenvalue weighted by Crippen LogP contribution is 2.21. The van der Waals surface area contributed by atoms with E-state index in [2.05, 4.69) is 11.8 Å². The standard InChI is InChI=1S/C10H10O2/c1-2-6-10(12)7-4-3-5-9(10)8-11/h3-5,7-9,12H,1H3/t9-,10-/m1/s1. The quantitative estimate of drug-likeness (QED) is 0.455. The van der Waals surface area contributed by atoms with Crippen molar-refractivity contribution in [3.63, 3.8) is 0 Å². The Morgan fingerprint density at radius 3 is 2.92 bits per heavy atom. The number of hydrogen-bond acceptors (Lipinski definition) is 2. The van der Waals surface area contributed by atoms with E-state index < -0.39 is 11.5 Å². The summed E-state index contributed by atoms with van der Waals surface area (Å²) in [4.78, 5) is 10.5. The molecule has 1 N–H and O–H groups in total. The normalized spacial score (nSPS) is 32.3. The first-order valence-electron chi connectivity index (χ1n) is 3.70. The van der Waals surface area contributed by atoms with Crippen molar-refractivity contribution in [2.24, 2.45) is 5.92 Å². The molecule has 0 aromatic rings. The second-order valence-corrected chi connectivity index (χ2v) is 2.61. The molecule has 0 radical (unpaired) electrons. The maximum absolute atomic E-state index is 10.5. The first kappa shape index (κ1) is 8.76. The Balaban J connectivity index is 2.99. The van der Waals surface area contributed by atoms with E-state index in [9.17, 15) is 9.90 Å². The molecule has 12 heavy (non-hydrogen) atoms. The molecule has 0 aliphatic heterocycles. The third-order valence-corrected chi connectivity index (χ3v) is 1.76. The summed E-state index contributed by atoms with van der Waals surface area (Å²) in [6.07, 6.45) is 7.28. The van der Waals surface area contributed by atoms with E-state index in [1.165, 1.54) is 6.08 Å². The summed E-state index contributed by atoms with van der Waals surface area (Å²) in [5.74, 6) is 4.65. The average Bonchev–Trinajstić information content (AvgIpc) is 2.05. The molecule has 0 spiro atoms. The van der Waals surface area contributed by atoms with Crippen LogP contribution in [-0.4, -0.2) is 17.0 Å². The Labute approximate surface area is 71.6 Å². The van der Waals surface area contributed by atoms with Crippen molar-refractivity contribution in [3.05, 3.63) is 24.3 Å². The van der Waals surface area contributed by atoms with Crippen LogP contribution in [0.25, 0.3) is 0 Å². The highest BCUT2D eigenvalue weighted by Gasteiger charge is 2.31. The van der Waals surface area contributed by atoms with Crippen LogP contribution in [0.2, 0.25) is 0 Å². The van der Waals surface area contributed by atoms with Gasteiger partial charge in [0.25, 0.3) is 0 Å². The van der Waals surface area contributed by atoms with Gasteiger partial charge in [0.05, 0.1) is 5.92 Å². The van der Waals surface area contributed by atoms with E-state index in [0.29, 0.717) is 6.29 Å². The van der Waals surface area contributed by atoms with Gasteiger partial charge in [-0.2, -0.15) is 0 Å². The lowest BCUT2D eigenvalue weighted by Crippen LogP contribution is -2.35. The zero-order valence-corrected chi connectivity index (χ0v) is 6.82. The van der Waals surface area contributed by atoms with E-state index in [1.807, 2.05) is 0 Å². The van der Waals surface area contributed by atoms with Gasteiger partial charge in [0, 0.05) is 0 Å². The SMILES string of the molecule is CC#C[C@@]1(O)C=CC=C[C@@H]1C=O. The largest absolute Gasteiger partial charge is 0.373 e. The van der Waals surface area contributed by atoms with E-state index in [1.54, 1.807) is 25.2 Å². The Morgan fingerprint density at radius 1 is 1.58 bits per heavy atom. The van der Waals surface area contributed by atoms with Gasteiger partial charge < -0.3 is 9.90 Å². The van der Waals surface area contributed by atoms with Gasteiger partial charge in [-0.1, -0.05) is 24.1 Å². The summed E-state index contributed by atoms with van der Waals surface area (Å²) >= 11 is 0. The Hall–Kier alpha value is -1.33. The summed E-state index contributed by atoms with van der Waals surface area (Å²) in [6, 6.07) is 0. The number of hydrogen-bond donors (Lipinski definition) is 1. The molecule has 1 aliphatic carbocycles. The number of carbonyl (C=O) groups excluding carboxylic acids is 1. The molecule has 0 fully saturated rings. The molecule has 0 saturated carbocycles. The minimum atomic E-state index is -1.30. The lowest BCUT2D eigenvalue weighted by atomic mass is 9.85. The van der Waals surface area contributed by atoms with E-state index in [4.69, 9.17) is 0 Å². The first-order chi connectivity index (χ1) is 5.73. The van der Waals surface area contributed by atoms with Crippen LogP contribution in [0.4, 0.5) is 0 Å². The minimum absolute atomic E-state index is 0.546. The zero-order valence-electron chi connectivity index (χ0n) is 6.82. The summed E-state index contributed by atoms with van der Waals surface area (Å²) < 4.78 is 0. The minimum Gasteiger partial charge on any atom is -0.373 e. The molecule has 0 heterocycles. The van der Waals surface area contributed by atoms with Gasteiger partial charge in [0.1, 0.15) is 6.29 Å². The molecular formula is C10H10O2. The van der Waals surface area contributed by atoms with Crippen molar-refractivity contribution in [3.8, 4) is 11.8 Å². The van der Waals surface area contributed by atoms with Gasteiger partial charge in [-0.05, 0) is 13.0 Å². The topological polar surface area (TPSA) is 37.3 Å². The van der Waals surface area contributed by atoms with Crippen LogP contribution in [0.5, 0.6) is 0 Å². The smallest absolute Gasteiger partial charge is 0.157 e. The van der Waals surface area contributed by atoms with Crippen molar-refractivity contribution < 1.29 is 9.90 Å². The van der Waals surface area contributed by atoms with Crippen molar-refractivity contribution in [1.82, 2.24) is 0 Å². The van der Waals surface area contributed by atoms with Crippen molar-refractivity contribution in [2.75, 3.05) is 0 Å². The number of rotatable bonds is 1. The molecule has 0 aromatic carbocycles. The lowest BCUT2D eigenvalue weighted by molar-refractivity contribution is -0.113. The predicted octanol–water partition coefficient (Wildman–Crippen LogP) is 0.682. The van der Waals surface area contributed by atoms with Gasteiger partial charge in [0.2, 0.25) is 0 Å². The number of carbonyl (C=O) groups is 1. The third-order valence-electron chi connectivity index (χ3n) is 1.76. The van der Waals surface area contributed by atoms with Crippen molar-refractivity contribution >= 4 is 6.29 Å². The first-order valence-corrected chi connectivity index (χ1v) is 3.70. The highest BCUT2D eigenvalue weighted by molar-refractivity contribution is 5.63. The molecule has 1 rings (SSSR count). The van der Waals surface area contributed by atoms with E-state index in [-0.39, 0.29) is 0 Å². The average molecular weight is 162 g/mol. The van der Waals surface area contributed by atoms with Crippen molar-refractivity contribution in [2.45, 2.75) is 12.5 Å². The number of aliphatic hydroxyl groups is 1. The highest BCUT2D eigenvalue weighted by atomic mass is 16.3. The van der Waals surface area contributed by atoms with Crippen LogP contribution in [0.3, 0.4) is 0 Å². The zero-order chi connectivity index (χ0) is 9.03. The Bertz CT molecular complexity index is 291. The second kappa shape index (κ2) is 3.38. The molecule has 0 unspecified atom stereocenters. The Morgan fingerprint density at radius 2 is 2.33 bits per heavy atom. The van der Waals surface area contributed by atoms with Gasteiger partial charge in [-0.25, -0.2) is 0 Å². The Kier molecular flexibility index (Phi) is 2.47. The van der Waals surface area contributed by atoms with Crippen LogP contribution in [-0.2, 0) is 4.79 Å². The monoisotopic (exact) mass is 162 g/mol. The fraction of sp³-hybridized carbons (Fsp3) is 0.300. The van der Waals surface area contributed by atoms with Gasteiger partial charge in [0.15, 0.2) is 5.60 Å². The summed E-state index contributed by atoms with van der Waals surface area (Å²) in [6.45, 7) is 1.63. The maximum Gasteiger partial charge on any atom is 0.157 e. The van der Waals surface area contributed by atoms with Gasteiger partial charge in [-0.3, -0.25) is 0 Å². The molecule has 62 valence electrons. The molecule has 2 nitrogen and oxygen atoms in total. The summed E-state index contributed by atoms with van der Waals surface area (Å²) in [7, 11) is 0. The third kappa shape index (κ3) is 1.46. The van der Waals surface area contributed by atoms with Crippen LogP contribution >= 0.6 is 0 Å². The second-order valence-electron chi connectivity index (χ2n) is 2.61. The van der Waals surface area contributed by atoms with Gasteiger partial charge >= 0.3 is 0 Å². The molecule has 1 aliphatic rings. The summed E-state index contributed by atoms with van der Waals surface area (Å²) in [5, 5.41) is 9.79. The molecule has 0 amide bonds. The molecule has 0 bridgehead atoms. The molecule has 0 aromatic heterocycles. The molecule has 2 atom stereocenters. The molecule has 0 saturated heterocycles. The number of aldehydes is 1. The van der Waals surface area contributed by atoms with Crippen LogP contribution in [0.1, 0.15) is 6.92 Å². The van der Waals surface area contributed by atoms with E-state index in [0.717, 1.165) is 0 Å². The lowest BCUT2D eigenvalue weighted by Gasteiger charge is -2.24. The van der Waals surface area contributed by atoms with Crippen molar-refractivity contribution in [1.29, 1.82) is 0 Å². The fourth-order valence-electron chi connectivity index (χ4n) is 1.12. The fourth-order valence-corrected chi connectivity index (χ4v) is 1.12. The predicted molar refractivity (Wildman–Crippen MR) is 46.2 cm³/mol. The molecular weight excluding hydrogens is 152 g/mol.